The SMILES string of the molecule is CC(C)CC(=O)Nc1ccc(C(=O)N/N=C/C=C/c2ccccc2)cc1. The number of rotatable bonds is 7. The summed E-state index contributed by atoms with van der Waals surface area (Å²) in [5.74, 6) is -0.0460. The lowest BCUT2D eigenvalue weighted by Crippen LogP contribution is -2.17. The summed E-state index contributed by atoms with van der Waals surface area (Å²) in [7, 11) is 0. The number of benzene rings is 2. The van der Waals surface area contributed by atoms with Crippen LogP contribution in [-0.2, 0) is 4.79 Å². The smallest absolute Gasteiger partial charge is 0.271 e. The number of anilines is 1. The maximum Gasteiger partial charge on any atom is 0.271 e. The number of hydrazone groups is 1. The third kappa shape index (κ3) is 6.73. The Bertz CT molecular complexity index is 779. The molecule has 0 bridgehead atoms. The quantitative estimate of drug-likeness (QED) is 0.583. The molecule has 2 aromatic carbocycles. The Morgan fingerprint density at radius 2 is 1.73 bits per heavy atom. The zero-order valence-electron chi connectivity index (χ0n) is 15.0. The van der Waals surface area contributed by atoms with Gasteiger partial charge in [-0.2, -0.15) is 5.10 Å². The van der Waals surface area contributed by atoms with Gasteiger partial charge in [0.05, 0.1) is 0 Å². The van der Waals surface area contributed by atoms with Crippen molar-refractivity contribution in [1.29, 1.82) is 0 Å². The van der Waals surface area contributed by atoms with E-state index in [2.05, 4.69) is 15.8 Å². The van der Waals surface area contributed by atoms with Crippen molar-refractivity contribution in [2.45, 2.75) is 20.3 Å². The predicted molar refractivity (Wildman–Crippen MR) is 106 cm³/mol. The van der Waals surface area contributed by atoms with Crippen molar-refractivity contribution in [3.05, 3.63) is 71.8 Å². The second kappa shape index (κ2) is 9.93. The van der Waals surface area contributed by atoms with E-state index >= 15 is 0 Å². The highest BCUT2D eigenvalue weighted by Crippen LogP contribution is 2.11. The van der Waals surface area contributed by atoms with E-state index in [-0.39, 0.29) is 11.8 Å². The van der Waals surface area contributed by atoms with Gasteiger partial charge in [0.25, 0.3) is 5.91 Å². The standard InChI is InChI=1S/C21H23N3O2/c1-16(2)15-20(25)23-19-12-10-18(11-13-19)21(26)24-22-14-6-9-17-7-4-3-5-8-17/h3-14,16H,15H2,1-2H3,(H,23,25)(H,24,26)/b9-6+,22-14+. The Morgan fingerprint density at radius 3 is 2.38 bits per heavy atom. The number of hydrogen-bond acceptors (Lipinski definition) is 3. The van der Waals surface area contributed by atoms with Crippen LogP contribution >= 0.6 is 0 Å². The molecule has 0 fully saturated rings. The Labute approximate surface area is 153 Å². The fourth-order valence-corrected chi connectivity index (χ4v) is 2.21. The molecule has 26 heavy (non-hydrogen) atoms. The van der Waals surface area contributed by atoms with Gasteiger partial charge in [-0.3, -0.25) is 9.59 Å². The molecule has 0 saturated heterocycles. The van der Waals surface area contributed by atoms with Gasteiger partial charge in [0.15, 0.2) is 0 Å². The van der Waals surface area contributed by atoms with E-state index in [1.54, 1.807) is 30.3 Å². The molecule has 0 atom stereocenters. The summed E-state index contributed by atoms with van der Waals surface area (Å²) in [5, 5.41) is 6.69. The van der Waals surface area contributed by atoms with Gasteiger partial charge >= 0.3 is 0 Å². The van der Waals surface area contributed by atoms with E-state index in [9.17, 15) is 9.59 Å². The maximum atomic E-state index is 12.0. The van der Waals surface area contributed by atoms with E-state index in [0.717, 1.165) is 5.56 Å². The van der Waals surface area contributed by atoms with Crippen LogP contribution in [0.25, 0.3) is 6.08 Å². The van der Waals surface area contributed by atoms with Crippen molar-refractivity contribution in [3.63, 3.8) is 0 Å². The molecule has 134 valence electrons. The first-order valence-corrected chi connectivity index (χ1v) is 8.49. The normalized spacial score (nSPS) is 11.2. The molecule has 0 unspecified atom stereocenters. The zero-order valence-corrected chi connectivity index (χ0v) is 15.0. The van der Waals surface area contributed by atoms with Crippen molar-refractivity contribution in [3.8, 4) is 0 Å². The van der Waals surface area contributed by atoms with Crippen LogP contribution in [0.4, 0.5) is 5.69 Å². The Morgan fingerprint density at radius 1 is 1.04 bits per heavy atom. The number of carbonyl (C=O) groups excluding carboxylic acids is 2. The molecular formula is C21H23N3O2. The van der Waals surface area contributed by atoms with E-state index in [1.807, 2.05) is 50.3 Å². The lowest BCUT2D eigenvalue weighted by Gasteiger charge is -2.07. The topological polar surface area (TPSA) is 70.6 Å². The highest BCUT2D eigenvalue weighted by atomic mass is 16.2. The van der Waals surface area contributed by atoms with Gasteiger partial charge in [-0.15, -0.1) is 0 Å². The van der Waals surface area contributed by atoms with Crippen LogP contribution in [0.5, 0.6) is 0 Å². The average molecular weight is 349 g/mol. The molecule has 5 nitrogen and oxygen atoms in total. The summed E-state index contributed by atoms with van der Waals surface area (Å²) < 4.78 is 0. The Balaban J connectivity index is 1.83. The second-order valence-corrected chi connectivity index (χ2v) is 6.21. The van der Waals surface area contributed by atoms with Crippen LogP contribution in [0.2, 0.25) is 0 Å². The lowest BCUT2D eigenvalue weighted by atomic mass is 10.1. The van der Waals surface area contributed by atoms with E-state index in [4.69, 9.17) is 0 Å². The molecule has 0 spiro atoms. The molecule has 0 saturated carbocycles. The summed E-state index contributed by atoms with van der Waals surface area (Å²) in [6, 6.07) is 16.5. The predicted octanol–water partition coefficient (Wildman–Crippen LogP) is 4.10. The first-order valence-electron chi connectivity index (χ1n) is 8.49. The molecule has 0 radical (unpaired) electrons. The fraction of sp³-hybridized carbons (Fsp3) is 0.190. The minimum atomic E-state index is -0.311. The van der Waals surface area contributed by atoms with Crippen LogP contribution in [0, 0.1) is 5.92 Å². The fourth-order valence-electron chi connectivity index (χ4n) is 2.21. The van der Waals surface area contributed by atoms with E-state index in [1.165, 1.54) is 6.21 Å². The van der Waals surface area contributed by atoms with Gasteiger partial charge in [0.2, 0.25) is 5.91 Å². The highest BCUT2D eigenvalue weighted by Gasteiger charge is 2.07. The number of hydrogen-bond donors (Lipinski definition) is 2. The molecule has 0 aliphatic heterocycles. The molecule has 0 heterocycles. The van der Waals surface area contributed by atoms with Crippen molar-refractivity contribution in [2.75, 3.05) is 5.32 Å². The van der Waals surface area contributed by atoms with Gasteiger partial charge in [0, 0.05) is 23.9 Å². The maximum absolute atomic E-state index is 12.0. The van der Waals surface area contributed by atoms with Gasteiger partial charge in [-0.25, -0.2) is 5.43 Å². The Kier molecular flexibility index (Phi) is 7.31. The Hall–Kier alpha value is -3.21. The first kappa shape index (κ1) is 19.1. The molecule has 2 amide bonds. The van der Waals surface area contributed by atoms with Crippen LogP contribution in [0.3, 0.4) is 0 Å². The summed E-state index contributed by atoms with van der Waals surface area (Å²) >= 11 is 0. The van der Waals surface area contributed by atoms with Crippen molar-refractivity contribution in [1.82, 2.24) is 5.43 Å². The van der Waals surface area contributed by atoms with Crippen LogP contribution in [-0.4, -0.2) is 18.0 Å². The zero-order chi connectivity index (χ0) is 18.8. The van der Waals surface area contributed by atoms with Crippen molar-refractivity contribution < 1.29 is 9.59 Å². The summed E-state index contributed by atoms with van der Waals surface area (Å²) in [5.41, 5.74) is 4.66. The lowest BCUT2D eigenvalue weighted by molar-refractivity contribution is -0.116. The van der Waals surface area contributed by atoms with Gasteiger partial charge in [0.1, 0.15) is 0 Å². The van der Waals surface area contributed by atoms with E-state index in [0.29, 0.717) is 23.6 Å². The average Bonchev–Trinajstić information content (AvgIpc) is 2.62. The van der Waals surface area contributed by atoms with Crippen molar-refractivity contribution >= 4 is 29.8 Å². The number of amides is 2. The van der Waals surface area contributed by atoms with Crippen LogP contribution < -0.4 is 10.7 Å². The number of nitrogens with one attached hydrogen (secondary N) is 2. The molecule has 2 aromatic rings. The largest absolute Gasteiger partial charge is 0.326 e. The molecule has 0 aliphatic rings. The molecule has 2 rings (SSSR count). The van der Waals surface area contributed by atoms with Gasteiger partial charge < -0.3 is 5.32 Å². The summed E-state index contributed by atoms with van der Waals surface area (Å²) in [6.07, 6.45) is 5.63. The monoisotopic (exact) mass is 349 g/mol. The van der Waals surface area contributed by atoms with Gasteiger partial charge in [-0.05, 0) is 41.8 Å². The summed E-state index contributed by atoms with van der Waals surface area (Å²) in [4.78, 5) is 23.8. The third-order valence-electron chi connectivity index (χ3n) is 3.44. The van der Waals surface area contributed by atoms with Crippen molar-refractivity contribution in [2.24, 2.45) is 11.0 Å². The molecule has 2 N–H and O–H groups in total. The van der Waals surface area contributed by atoms with Crippen LogP contribution in [0.15, 0.2) is 65.8 Å². The highest BCUT2D eigenvalue weighted by molar-refractivity contribution is 5.96. The number of allylic oxidation sites excluding steroid dienone is 1. The number of nitrogens with zero attached hydrogens (tertiary/aromatic N) is 1. The minimum Gasteiger partial charge on any atom is -0.326 e. The molecule has 0 aliphatic carbocycles. The molecular weight excluding hydrogens is 326 g/mol. The molecule has 0 aromatic heterocycles. The third-order valence-corrected chi connectivity index (χ3v) is 3.44. The number of carbonyl (C=O) groups is 2. The van der Waals surface area contributed by atoms with Gasteiger partial charge in [-0.1, -0.05) is 50.3 Å². The van der Waals surface area contributed by atoms with Crippen LogP contribution in [0.1, 0.15) is 36.2 Å². The first-order chi connectivity index (χ1) is 12.5. The second-order valence-electron chi connectivity index (χ2n) is 6.21. The van der Waals surface area contributed by atoms with E-state index < -0.39 is 0 Å². The summed E-state index contributed by atoms with van der Waals surface area (Å²) in [6.45, 7) is 3.98. The minimum absolute atomic E-state index is 0.0352. The molecule has 5 heteroatoms.